The Labute approximate surface area is 169 Å². The summed E-state index contributed by atoms with van der Waals surface area (Å²) in [6.45, 7) is -12.1. The Hall–Kier alpha value is -2.31. The number of nitrogens with zero attached hydrogens (tertiary/aromatic N) is 4. The summed E-state index contributed by atoms with van der Waals surface area (Å²) < 4.78 is 132. The summed E-state index contributed by atoms with van der Waals surface area (Å²) >= 11 is 0. The van der Waals surface area contributed by atoms with Gasteiger partial charge in [-0.25, -0.2) is 14.8 Å². The molecule has 1 amide bonds. The van der Waals surface area contributed by atoms with Crippen LogP contribution in [0.1, 0.15) is 54.6 Å². The molecule has 25 heavy (non-hydrogen) atoms. The molecule has 0 radical (unpaired) electrons. The van der Waals surface area contributed by atoms with Gasteiger partial charge < -0.3 is 19.5 Å². The Kier molecular flexibility index (Phi) is 1.77. The smallest absolute Gasteiger partial charge is 0.410 e. The highest BCUT2D eigenvalue weighted by atomic mass is 16.6. The van der Waals surface area contributed by atoms with Crippen LogP contribution in [0.25, 0.3) is 11.0 Å². The highest BCUT2D eigenvalue weighted by Gasteiger charge is 2.34. The van der Waals surface area contributed by atoms with Gasteiger partial charge in [-0.15, -0.1) is 0 Å². The number of likely N-dealkylation sites (N-methyl/N-ethyl adjacent to an activating group) is 1. The molecule has 3 heterocycles. The highest BCUT2D eigenvalue weighted by molar-refractivity contribution is 5.87. The predicted octanol–water partition coefficient (Wildman–Crippen LogP) is 3.04. The first-order valence-electron chi connectivity index (χ1n) is 14.8. The van der Waals surface area contributed by atoms with E-state index in [1.807, 2.05) is 0 Å². The SMILES string of the molecule is [2H]c1nc(N(C([2H])([2H])[2H])[C@@]2([2H])C([2H])([2H])N(C(=O)OC(C)(C)C)C([2H])([2H])C([2H])([2H])[C@@]2([2H])C([2H])([2H])[2H])c2cc[nH]c2n1. The van der Waals surface area contributed by atoms with E-state index in [2.05, 4.69) is 15.0 Å². The standard InChI is InChI=1S/C18H27N5O2/c1-12-7-9-23(17(24)25-18(2,3)4)10-14(12)22(5)16-13-6-8-19-15(13)20-11-21-16/h6,8,11-12,14H,7,9-10H2,1-5H3,(H,19,20,21)/t12-,14+/m1/s1/i1D3,5D3,7D2,9D2,10D2,11D,12D,14D. The van der Waals surface area contributed by atoms with Gasteiger partial charge in [0, 0.05) is 41.2 Å². The van der Waals surface area contributed by atoms with E-state index >= 15 is 0 Å². The lowest BCUT2D eigenvalue weighted by Gasteiger charge is -2.42. The Balaban J connectivity index is 2.60. The molecule has 1 aliphatic heterocycles. The molecule has 0 aromatic carbocycles. The quantitative estimate of drug-likeness (QED) is 0.891. The first-order chi connectivity index (χ1) is 17.6. The molecule has 1 saturated heterocycles. The molecule has 3 rings (SSSR count). The number of nitrogens with one attached hydrogen (secondary N) is 1. The Morgan fingerprint density at radius 3 is 3.16 bits per heavy atom. The van der Waals surface area contributed by atoms with Gasteiger partial charge in [-0.3, -0.25) is 0 Å². The Bertz CT molecular complexity index is 1320. The summed E-state index contributed by atoms with van der Waals surface area (Å²) in [5.41, 5.74) is -1.63. The number of aromatic amines is 1. The molecule has 0 bridgehead atoms. The van der Waals surface area contributed by atoms with Gasteiger partial charge in [-0.1, -0.05) is 6.85 Å². The maximum atomic E-state index is 13.3. The van der Waals surface area contributed by atoms with Crippen LogP contribution >= 0.6 is 0 Å². The van der Waals surface area contributed by atoms with E-state index in [4.69, 9.17) is 23.9 Å². The fraction of sp³-hybridized carbons (Fsp3) is 0.611. The normalized spacial score (nSPS) is 43.2. The van der Waals surface area contributed by atoms with Crippen molar-refractivity contribution in [2.45, 2.75) is 45.6 Å². The maximum absolute atomic E-state index is 13.3. The number of carbonyl (C=O) groups is 1. The van der Waals surface area contributed by atoms with Crippen molar-refractivity contribution in [1.82, 2.24) is 19.9 Å². The summed E-state index contributed by atoms with van der Waals surface area (Å²) in [6.07, 6.45) is -5.72. The van der Waals surface area contributed by atoms with Gasteiger partial charge in [0.25, 0.3) is 0 Å². The number of hydrogen-bond donors (Lipinski definition) is 1. The summed E-state index contributed by atoms with van der Waals surface area (Å²) in [7, 11) is 0. The third kappa shape index (κ3) is 3.70. The van der Waals surface area contributed by atoms with E-state index in [0.717, 1.165) is 6.07 Å². The van der Waals surface area contributed by atoms with Gasteiger partial charge in [0.15, 0.2) is 0 Å². The minimum absolute atomic E-state index is 0.198. The van der Waals surface area contributed by atoms with Crippen LogP contribution in [0.5, 0.6) is 0 Å². The number of likely N-dealkylation sites (tertiary alicyclic amines) is 1. The first-order valence-corrected chi connectivity index (χ1v) is 7.26. The lowest BCUT2D eigenvalue weighted by Crippen LogP contribution is -2.53. The van der Waals surface area contributed by atoms with Crippen LogP contribution in [0.2, 0.25) is 0 Å². The van der Waals surface area contributed by atoms with Crippen molar-refractivity contribution >= 4 is 22.9 Å². The number of anilines is 1. The van der Waals surface area contributed by atoms with Crippen LogP contribution in [0, 0.1) is 5.89 Å². The van der Waals surface area contributed by atoms with Gasteiger partial charge in [0.1, 0.15) is 24.7 Å². The summed E-state index contributed by atoms with van der Waals surface area (Å²) in [5, 5.41) is -0.277. The Morgan fingerprint density at radius 2 is 2.44 bits per heavy atom. The fourth-order valence-electron chi connectivity index (χ4n) is 2.01. The monoisotopic (exact) mass is 360 g/mol. The molecule has 0 aliphatic carbocycles. The number of ether oxygens (including phenoxy) is 1. The molecule has 7 heteroatoms. The van der Waals surface area contributed by atoms with E-state index in [0.29, 0.717) is 0 Å². The van der Waals surface area contributed by atoms with Crippen molar-refractivity contribution in [2.24, 2.45) is 5.89 Å². The topological polar surface area (TPSA) is 74.3 Å². The molecule has 1 fully saturated rings. The van der Waals surface area contributed by atoms with Gasteiger partial charge in [0.2, 0.25) is 0 Å². The van der Waals surface area contributed by atoms with Gasteiger partial charge in [-0.05, 0) is 39.1 Å². The zero-order chi connectivity index (χ0) is 31.3. The molecule has 2 atom stereocenters. The summed E-state index contributed by atoms with van der Waals surface area (Å²) in [5.74, 6) is -5.25. The molecule has 0 saturated carbocycles. The fourth-order valence-corrected chi connectivity index (χ4v) is 2.01. The van der Waals surface area contributed by atoms with Gasteiger partial charge in [-0.2, -0.15) is 0 Å². The lowest BCUT2D eigenvalue weighted by molar-refractivity contribution is 0.0165. The van der Waals surface area contributed by atoms with Gasteiger partial charge in [0.05, 0.1) is 15.5 Å². The number of hydrogen-bond acceptors (Lipinski definition) is 5. The second kappa shape index (κ2) is 6.54. The van der Waals surface area contributed by atoms with Crippen molar-refractivity contribution in [3.63, 3.8) is 0 Å². The first kappa shape index (κ1) is 6.78. The molecule has 1 N–H and O–H groups in total. The number of H-pyrrole nitrogens is 1. The largest absolute Gasteiger partial charge is 0.444 e. The molecule has 136 valence electrons. The number of aromatic nitrogens is 3. The van der Waals surface area contributed by atoms with Crippen molar-refractivity contribution in [3.8, 4) is 0 Å². The molecule has 1 aliphatic rings. The molecule has 2 aromatic rings. The number of fused-ring (bicyclic) bond motifs is 1. The highest BCUT2D eigenvalue weighted by Crippen LogP contribution is 2.29. The van der Waals surface area contributed by atoms with Crippen LogP contribution in [-0.2, 0) is 4.74 Å². The van der Waals surface area contributed by atoms with Crippen LogP contribution in [0.15, 0.2) is 18.6 Å². The minimum Gasteiger partial charge on any atom is -0.444 e. The molecule has 7 nitrogen and oxygen atoms in total. The van der Waals surface area contributed by atoms with E-state index in [1.54, 1.807) is 0 Å². The number of rotatable bonds is 2. The number of carbonyl (C=O) groups excluding carboxylic acids is 1. The Morgan fingerprint density at radius 1 is 1.60 bits per heavy atom. The third-order valence-corrected chi connectivity index (χ3v) is 3.04. The van der Waals surface area contributed by atoms with Crippen molar-refractivity contribution in [2.75, 3.05) is 24.9 Å². The van der Waals surface area contributed by atoms with Crippen molar-refractivity contribution < 1.29 is 30.1 Å². The second-order valence-electron chi connectivity index (χ2n) is 6.11. The molecule has 2 aromatic heterocycles. The molecular weight excluding hydrogens is 318 g/mol. The average Bonchev–Trinajstić information content (AvgIpc) is 3.16. The lowest BCUT2D eigenvalue weighted by atomic mass is 9.92. The van der Waals surface area contributed by atoms with E-state index < -0.39 is 73.8 Å². The zero-order valence-corrected chi connectivity index (χ0v) is 13.8. The minimum atomic E-state index is -4.29. The second-order valence-corrected chi connectivity index (χ2v) is 6.11. The molecular formula is C18H27N5O2. The van der Waals surface area contributed by atoms with Crippen LogP contribution in [0.4, 0.5) is 10.6 Å². The molecule has 0 spiro atoms. The number of piperidine rings is 1. The van der Waals surface area contributed by atoms with Gasteiger partial charge >= 0.3 is 6.09 Å². The van der Waals surface area contributed by atoms with Crippen LogP contribution in [-0.4, -0.2) is 57.5 Å². The van der Waals surface area contributed by atoms with Crippen LogP contribution in [0.3, 0.4) is 0 Å². The van der Waals surface area contributed by atoms with Crippen LogP contribution < -0.4 is 4.90 Å². The van der Waals surface area contributed by atoms with E-state index in [1.165, 1.54) is 27.0 Å². The average molecular weight is 361 g/mol. The van der Waals surface area contributed by atoms with Crippen molar-refractivity contribution in [1.29, 1.82) is 0 Å². The zero-order valence-electron chi connectivity index (χ0n) is 28.8. The predicted molar refractivity (Wildman–Crippen MR) is 97.7 cm³/mol. The van der Waals surface area contributed by atoms with E-state index in [-0.39, 0.29) is 15.9 Å². The maximum Gasteiger partial charge on any atom is 0.410 e. The number of amides is 1. The summed E-state index contributed by atoms with van der Waals surface area (Å²) in [6, 6.07) is -3.07. The molecule has 0 unspecified atom stereocenters. The summed E-state index contributed by atoms with van der Waals surface area (Å²) in [4.78, 5) is 22.5. The van der Waals surface area contributed by atoms with E-state index in [9.17, 15) is 6.17 Å². The van der Waals surface area contributed by atoms with Crippen molar-refractivity contribution in [3.05, 3.63) is 18.6 Å². The third-order valence-electron chi connectivity index (χ3n) is 3.04.